The second-order valence-electron chi connectivity index (χ2n) is 7.13. The van der Waals surface area contributed by atoms with E-state index < -0.39 is 0 Å². The van der Waals surface area contributed by atoms with Crippen LogP contribution in [0.4, 0.5) is 0 Å². The summed E-state index contributed by atoms with van der Waals surface area (Å²) in [4.78, 5) is 6.81. The molecule has 0 bridgehead atoms. The minimum Gasteiger partial charge on any atom is -0.492 e. The van der Waals surface area contributed by atoms with Gasteiger partial charge in [0.2, 0.25) is 0 Å². The zero-order valence-corrected chi connectivity index (χ0v) is 17.8. The van der Waals surface area contributed by atoms with Crippen LogP contribution < -0.4 is 15.4 Å². The molecule has 0 spiro atoms. The van der Waals surface area contributed by atoms with Crippen molar-refractivity contribution in [2.24, 2.45) is 4.99 Å². The lowest BCUT2D eigenvalue weighted by Gasteiger charge is -2.18. The van der Waals surface area contributed by atoms with Crippen molar-refractivity contribution in [3.05, 3.63) is 65.7 Å². The van der Waals surface area contributed by atoms with E-state index in [0.29, 0.717) is 19.7 Å². The molecule has 6 nitrogen and oxygen atoms in total. The summed E-state index contributed by atoms with van der Waals surface area (Å²) in [6.07, 6.45) is 0. The largest absolute Gasteiger partial charge is 0.492 e. The zero-order valence-electron chi connectivity index (χ0n) is 17.8. The second kappa shape index (κ2) is 12.8. The molecule has 0 saturated carbocycles. The Balaban J connectivity index is 2.00. The maximum absolute atomic E-state index is 9.77. The molecule has 2 aromatic carbocycles. The molecular weight excluding hydrogens is 364 g/mol. The molecule has 0 fully saturated rings. The minimum atomic E-state index is 0.0155. The highest BCUT2D eigenvalue weighted by Crippen LogP contribution is 2.19. The van der Waals surface area contributed by atoms with Crippen LogP contribution in [0.5, 0.6) is 5.75 Å². The SMILES string of the molecule is CCNC(=NCc1ccccc1OCCN(C)C)NCC(CO)c1ccccc1. The topological polar surface area (TPSA) is 69.1 Å². The van der Waals surface area contributed by atoms with Crippen molar-refractivity contribution >= 4 is 5.96 Å². The number of aliphatic hydroxyl groups is 1. The van der Waals surface area contributed by atoms with Crippen LogP contribution in [0.25, 0.3) is 0 Å². The van der Waals surface area contributed by atoms with Gasteiger partial charge in [0.05, 0.1) is 13.2 Å². The second-order valence-corrected chi connectivity index (χ2v) is 7.13. The monoisotopic (exact) mass is 398 g/mol. The molecule has 29 heavy (non-hydrogen) atoms. The van der Waals surface area contributed by atoms with Crippen LogP contribution in [0.1, 0.15) is 24.0 Å². The van der Waals surface area contributed by atoms with E-state index in [2.05, 4.69) is 15.5 Å². The average molecular weight is 399 g/mol. The molecule has 0 aliphatic heterocycles. The molecule has 0 saturated heterocycles. The van der Waals surface area contributed by atoms with Crippen LogP contribution in [-0.2, 0) is 6.54 Å². The van der Waals surface area contributed by atoms with Gasteiger partial charge in [-0.2, -0.15) is 0 Å². The van der Waals surface area contributed by atoms with Crippen LogP contribution >= 0.6 is 0 Å². The number of nitrogens with one attached hydrogen (secondary N) is 2. The Morgan fingerprint density at radius 2 is 1.79 bits per heavy atom. The van der Waals surface area contributed by atoms with E-state index in [9.17, 15) is 5.11 Å². The summed E-state index contributed by atoms with van der Waals surface area (Å²) in [6, 6.07) is 18.0. The van der Waals surface area contributed by atoms with Gasteiger partial charge in [-0.25, -0.2) is 4.99 Å². The molecule has 0 aliphatic rings. The van der Waals surface area contributed by atoms with Crippen LogP contribution in [0.15, 0.2) is 59.6 Å². The van der Waals surface area contributed by atoms with Crippen molar-refractivity contribution < 1.29 is 9.84 Å². The summed E-state index contributed by atoms with van der Waals surface area (Å²) in [5.74, 6) is 1.61. The molecule has 2 aromatic rings. The Labute approximate surface area is 174 Å². The third kappa shape index (κ3) is 8.13. The number of hydrogen-bond donors (Lipinski definition) is 3. The normalized spacial score (nSPS) is 12.7. The van der Waals surface area contributed by atoms with Crippen molar-refractivity contribution in [3.8, 4) is 5.75 Å². The fourth-order valence-corrected chi connectivity index (χ4v) is 2.85. The number of nitrogens with zero attached hydrogens (tertiary/aromatic N) is 2. The van der Waals surface area contributed by atoms with Gasteiger partial charge in [0.25, 0.3) is 0 Å². The number of benzene rings is 2. The zero-order chi connectivity index (χ0) is 20.9. The van der Waals surface area contributed by atoms with Crippen molar-refractivity contribution in [3.63, 3.8) is 0 Å². The minimum absolute atomic E-state index is 0.0155. The fourth-order valence-electron chi connectivity index (χ4n) is 2.85. The van der Waals surface area contributed by atoms with Crippen LogP contribution in [0, 0.1) is 0 Å². The van der Waals surface area contributed by atoms with Gasteiger partial charge >= 0.3 is 0 Å². The van der Waals surface area contributed by atoms with Crippen molar-refractivity contribution in [1.82, 2.24) is 15.5 Å². The van der Waals surface area contributed by atoms with E-state index >= 15 is 0 Å². The maximum Gasteiger partial charge on any atom is 0.191 e. The van der Waals surface area contributed by atoms with Gasteiger partial charge in [-0.1, -0.05) is 48.5 Å². The Morgan fingerprint density at radius 3 is 2.48 bits per heavy atom. The number of guanidine groups is 1. The number of para-hydroxylation sites is 1. The van der Waals surface area contributed by atoms with E-state index in [1.165, 1.54) is 0 Å². The van der Waals surface area contributed by atoms with Crippen LogP contribution in [0.2, 0.25) is 0 Å². The number of hydrogen-bond acceptors (Lipinski definition) is 4. The first-order valence-corrected chi connectivity index (χ1v) is 10.2. The Morgan fingerprint density at radius 1 is 1.07 bits per heavy atom. The highest BCUT2D eigenvalue weighted by atomic mass is 16.5. The smallest absolute Gasteiger partial charge is 0.191 e. The molecule has 0 heterocycles. The van der Waals surface area contributed by atoms with E-state index in [1.54, 1.807) is 0 Å². The van der Waals surface area contributed by atoms with Crippen LogP contribution in [-0.4, -0.2) is 62.9 Å². The predicted octanol–water partition coefficient (Wildman–Crippen LogP) is 2.46. The number of aliphatic imine (C=N–C) groups is 1. The average Bonchev–Trinajstić information content (AvgIpc) is 2.73. The summed E-state index contributed by atoms with van der Waals surface area (Å²) in [5, 5.41) is 16.4. The third-order valence-corrected chi connectivity index (χ3v) is 4.53. The molecule has 6 heteroatoms. The van der Waals surface area contributed by atoms with Gasteiger partial charge < -0.3 is 25.4 Å². The number of ether oxygens (including phenoxy) is 1. The maximum atomic E-state index is 9.77. The van der Waals surface area contributed by atoms with E-state index in [4.69, 9.17) is 9.73 Å². The molecule has 1 unspecified atom stereocenters. The van der Waals surface area contributed by atoms with Gasteiger partial charge in [-0.05, 0) is 32.6 Å². The first-order chi connectivity index (χ1) is 14.1. The summed E-state index contributed by atoms with van der Waals surface area (Å²) in [7, 11) is 4.06. The molecule has 0 aliphatic carbocycles. The molecule has 158 valence electrons. The fraction of sp³-hybridized carbons (Fsp3) is 0.435. The Hall–Kier alpha value is -2.57. The van der Waals surface area contributed by atoms with Crippen molar-refractivity contribution in [2.45, 2.75) is 19.4 Å². The predicted molar refractivity (Wildman–Crippen MR) is 120 cm³/mol. The third-order valence-electron chi connectivity index (χ3n) is 4.53. The lowest BCUT2D eigenvalue weighted by molar-refractivity contribution is 0.259. The Kier molecular flexibility index (Phi) is 10.0. The first kappa shape index (κ1) is 22.7. The van der Waals surface area contributed by atoms with Crippen molar-refractivity contribution in [2.75, 3.05) is 46.9 Å². The number of aliphatic hydroxyl groups excluding tert-OH is 1. The molecule has 0 radical (unpaired) electrons. The standard InChI is InChI=1S/C23H34N4O2/c1-4-24-23(26-17-21(18-28)19-10-6-5-7-11-19)25-16-20-12-8-9-13-22(20)29-15-14-27(2)3/h5-13,21,28H,4,14-18H2,1-3H3,(H2,24,25,26). The van der Waals surface area contributed by atoms with Gasteiger partial charge in [-0.15, -0.1) is 0 Å². The molecule has 2 rings (SSSR count). The summed E-state index contributed by atoms with van der Waals surface area (Å²) >= 11 is 0. The Bertz CT molecular complexity index is 735. The number of rotatable bonds is 11. The molecule has 0 amide bonds. The molecule has 1 atom stereocenters. The summed E-state index contributed by atoms with van der Waals surface area (Å²) in [5.41, 5.74) is 2.16. The molecular formula is C23H34N4O2. The quantitative estimate of drug-likeness (QED) is 0.401. The molecule has 3 N–H and O–H groups in total. The van der Waals surface area contributed by atoms with Gasteiger partial charge in [0.15, 0.2) is 5.96 Å². The highest BCUT2D eigenvalue weighted by molar-refractivity contribution is 5.79. The summed E-state index contributed by atoms with van der Waals surface area (Å²) in [6.45, 7) is 5.51. The number of likely N-dealkylation sites (N-methyl/N-ethyl adjacent to an activating group) is 1. The van der Waals surface area contributed by atoms with Gasteiger partial charge in [-0.3, -0.25) is 0 Å². The van der Waals surface area contributed by atoms with Crippen LogP contribution in [0.3, 0.4) is 0 Å². The first-order valence-electron chi connectivity index (χ1n) is 10.2. The van der Waals surface area contributed by atoms with Crippen molar-refractivity contribution in [1.29, 1.82) is 0 Å². The van der Waals surface area contributed by atoms with E-state index in [-0.39, 0.29) is 12.5 Å². The lowest BCUT2D eigenvalue weighted by atomic mass is 10.0. The lowest BCUT2D eigenvalue weighted by Crippen LogP contribution is -2.39. The van der Waals surface area contributed by atoms with E-state index in [1.807, 2.05) is 75.6 Å². The van der Waals surface area contributed by atoms with Gasteiger partial charge in [0.1, 0.15) is 12.4 Å². The highest BCUT2D eigenvalue weighted by Gasteiger charge is 2.11. The van der Waals surface area contributed by atoms with Gasteiger partial charge in [0, 0.05) is 31.1 Å². The van der Waals surface area contributed by atoms with E-state index in [0.717, 1.165) is 35.9 Å². The molecule has 0 aromatic heterocycles. The summed E-state index contributed by atoms with van der Waals surface area (Å²) < 4.78 is 5.93.